The van der Waals surface area contributed by atoms with Gasteiger partial charge in [-0.3, -0.25) is 0 Å². The normalized spacial score (nSPS) is 12.2. The molecule has 0 fully saturated rings. The first-order valence-corrected chi connectivity index (χ1v) is 7.78. The van der Waals surface area contributed by atoms with Crippen molar-refractivity contribution in [1.29, 1.82) is 0 Å². The van der Waals surface area contributed by atoms with E-state index in [4.69, 9.17) is 23.2 Å². The molecule has 0 bridgehead atoms. The van der Waals surface area contributed by atoms with Gasteiger partial charge >= 0.3 is 0 Å². The molecule has 0 amide bonds. The van der Waals surface area contributed by atoms with Gasteiger partial charge in [-0.2, -0.15) is 0 Å². The lowest BCUT2D eigenvalue weighted by Crippen LogP contribution is -2.24. The van der Waals surface area contributed by atoms with Gasteiger partial charge in [-0.1, -0.05) is 54.7 Å². The molecule has 0 saturated carbocycles. The number of hydrogen-bond acceptors (Lipinski definition) is 3. The van der Waals surface area contributed by atoms with Gasteiger partial charge in [-0.05, 0) is 25.0 Å². The van der Waals surface area contributed by atoms with Crippen molar-refractivity contribution in [3.05, 3.63) is 51.9 Å². The third kappa shape index (κ3) is 3.47. The zero-order chi connectivity index (χ0) is 15.4. The highest BCUT2D eigenvalue weighted by Crippen LogP contribution is 2.32. The predicted octanol–water partition coefficient (Wildman–Crippen LogP) is 4.93. The van der Waals surface area contributed by atoms with Crippen LogP contribution >= 0.6 is 23.2 Å². The summed E-state index contributed by atoms with van der Waals surface area (Å²) in [5.74, 6) is 0.865. The van der Waals surface area contributed by atoms with E-state index in [0.717, 1.165) is 34.8 Å². The van der Waals surface area contributed by atoms with Gasteiger partial charge in [0.1, 0.15) is 17.3 Å². The van der Waals surface area contributed by atoms with Crippen LogP contribution < -0.4 is 4.90 Å². The molecule has 112 valence electrons. The van der Waals surface area contributed by atoms with Gasteiger partial charge in [0.15, 0.2) is 0 Å². The van der Waals surface area contributed by atoms with Gasteiger partial charge in [-0.15, -0.1) is 0 Å². The smallest absolute Gasteiger partial charge is 0.137 e. The van der Waals surface area contributed by atoms with Crippen LogP contribution in [0.2, 0.25) is 10.2 Å². The number of rotatable bonds is 5. The average Bonchev–Trinajstić information content (AvgIpc) is 2.48. The Morgan fingerprint density at radius 1 is 1.19 bits per heavy atom. The van der Waals surface area contributed by atoms with Crippen LogP contribution in [-0.2, 0) is 6.42 Å². The van der Waals surface area contributed by atoms with E-state index in [1.165, 1.54) is 6.33 Å². The van der Waals surface area contributed by atoms with Crippen LogP contribution in [0.3, 0.4) is 0 Å². The van der Waals surface area contributed by atoms with Crippen LogP contribution in [0, 0.1) is 0 Å². The highest BCUT2D eigenvalue weighted by Gasteiger charge is 2.20. The summed E-state index contributed by atoms with van der Waals surface area (Å²) in [6, 6.07) is 7.96. The average molecular weight is 324 g/mol. The van der Waals surface area contributed by atoms with Crippen LogP contribution in [0.1, 0.15) is 37.4 Å². The molecule has 1 atom stereocenters. The summed E-state index contributed by atoms with van der Waals surface area (Å²) in [5.41, 5.74) is 2.06. The molecule has 1 aromatic heterocycles. The minimum atomic E-state index is 0.0975. The predicted molar refractivity (Wildman–Crippen MR) is 89.3 cm³/mol. The molecule has 21 heavy (non-hydrogen) atoms. The van der Waals surface area contributed by atoms with Crippen molar-refractivity contribution in [2.75, 3.05) is 11.9 Å². The third-order valence-corrected chi connectivity index (χ3v) is 4.31. The Morgan fingerprint density at radius 2 is 1.90 bits per heavy atom. The third-order valence-electron chi connectivity index (χ3n) is 3.64. The van der Waals surface area contributed by atoms with Crippen LogP contribution in [0.15, 0.2) is 30.6 Å². The molecule has 0 saturated heterocycles. The van der Waals surface area contributed by atoms with E-state index >= 15 is 0 Å². The van der Waals surface area contributed by atoms with Gasteiger partial charge in [0.25, 0.3) is 0 Å². The van der Waals surface area contributed by atoms with Crippen molar-refractivity contribution in [1.82, 2.24) is 9.97 Å². The largest absolute Gasteiger partial charge is 0.352 e. The zero-order valence-electron chi connectivity index (χ0n) is 12.5. The van der Waals surface area contributed by atoms with Crippen molar-refractivity contribution in [3.63, 3.8) is 0 Å². The molecule has 0 N–H and O–H groups in total. The lowest BCUT2D eigenvalue weighted by Gasteiger charge is -2.28. The first kappa shape index (κ1) is 16.1. The standard InChI is InChI=1S/C16H19Cl2N3/c1-4-7-13-15(18)19-10-20-16(13)21(3)11(2)12-8-5-6-9-14(12)17/h5-6,8-11H,4,7H2,1-3H3. The molecule has 0 aliphatic rings. The second-order valence-electron chi connectivity index (χ2n) is 5.03. The summed E-state index contributed by atoms with van der Waals surface area (Å²) in [4.78, 5) is 10.6. The molecule has 1 aromatic carbocycles. The Morgan fingerprint density at radius 3 is 2.57 bits per heavy atom. The topological polar surface area (TPSA) is 29.0 Å². The van der Waals surface area contributed by atoms with Gasteiger partial charge in [-0.25, -0.2) is 9.97 Å². The summed E-state index contributed by atoms with van der Waals surface area (Å²) in [6.07, 6.45) is 3.36. The van der Waals surface area contributed by atoms with Crippen molar-refractivity contribution in [3.8, 4) is 0 Å². The Kier molecular flexibility index (Phi) is 5.43. The van der Waals surface area contributed by atoms with E-state index < -0.39 is 0 Å². The Balaban J connectivity index is 2.38. The fourth-order valence-electron chi connectivity index (χ4n) is 2.36. The van der Waals surface area contributed by atoms with Crippen molar-refractivity contribution in [2.45, 2.75) is 32.7 Å². The summed E-state index contributed by atoms with van der Waals surface area (Å²) < 4.78 is 0. The molecule has 2 rings (SSSR count). The van der Waals surface area contributed by atoms with Gasteiger partial charge in [0.2, 0.25) is 0 Å². The molecule has 0 aliphatic carbocycles. The Bertz CT molecular complexity index is 616. The minimum Gasteiger partial charge on any atom is -0.352 e. The van der Waals surface area contributed by atoms with Crippen LogP contribution in [0.25, 0.3) is 0 Å². The lowest BCUT2D eigenvalue weighted by molar-refractivity contribution is 0.718. The summed E-state index contributed by atoms with van der Waals surface area (Å²) in [5, 5.41) is 1.29. The molecule has 0 spiro atoms. The van der Waals surface area contributed by atoms with E-state index in [1.807, 2.05) is 31.3 Å². The number of hydrogen-bond donors (Lipinski definition) is 0. The molecule has 5 heteroatoms. The molecular weight excluding hydrogens is 305 g/mol. The number of halogens is 2. The SMILES string of the molecule is CCCc1c(Cl)ncnc1N(C)C(C)c1ccccc1Cl. The van der Waals surface area contributed by atoms with Gasteiger partial charge in [0, 0.05) is 17.6 Å². The second kappa shape index (κ2) is 7.10. The van der Waals surface area contributed by atoms with Crippen LogP contribution in [-0.4, -0.2) is 17.0 Å². The molecule has 2 aromatic rings. The maximum atomic E-state index is 6.30. The van der Waals surface area contributed by atoms with E-state index in [0.29, 0.717) is 5.15 Å². The maximum absolute atomic E-state index is 6.30. The van der Waals surface area contributed by atoms with E-state index in [2.05, 4.69) is 28.7 Å². The summed E-state index contributed by atoms with van der Waals surface area (Å²) in [6.45, 7) is 4.22. The maximum Gasteiger partial charge on any atom is 0.137 e. The summed E-state index contributed by atoms with van der Waals surface area (Å²) in [7, 11) is 2.01. The Hall–Kier alpha value is -1.32. The fourth-order valence-corrected chi connectivity index (χ4v) is 2.87. The minimum absolute atomic E-state index is 0.0975. The van der Waals surface area contributed by atoms with Crippen LogP contribution in [0.5, 0.6) is 0 Å². The zero-order valence-corrected chi connectivity index (χ0v) is 14.0. The first-order valence-electron chi connectivity index (χ1n) is 7.02. The van der Waals surface area contributed by atoms with E-state index in [9.17, 15) is 0 Å². The molecule has 0 radical (unpaired) electrons. The molecule has 3 nitrogen and oxygen atoms in total. The lowest BCUT2D eigenvalue weighted by atomic mass is 10.1. The van der Waals surface area contributed by atoms with Gasteiger partial charge < -0.3 is 4.90 Å². The number of benzene rings is 1. The molecular formula is C16H19Cl2N3. The first-order chi connectivity index (χ1) is 10.1. The van der Waals surface area contributed by atoms with Crippen LogP contribution in [0.4, 0.5) is 5.82 Å². The van der Waals surface area contributed by atoms with Crippen molar-refractivity contribution >= 4 is 29.0 Å². The number of aromatic nitrogens is 2. The highest BCUT2D eigenvalue weighted by atomic mass is 35.5. The second-order valence-corrected chi connectivity index (χ2v) is 5.79. The summed E-state index contributed by atoms with van der Waals surface area (Å²) >= 11 is 12.5. The van der Waals surface area contributed by atoms with E-state index in [-0.39, 0.29) is 6.04 Å². The molecule has 1 unspecified atom stereocenters. The molecule has 1 heterocycles. The quantitative estimate of drug-likeness (QED) is 0.730. The molecule has 0 aliphatic heterocycles. The highest BCUT2D eigenvalue weighted by molar-refractivity contribution is 6.31. The number of anilines is 1. The monoisotopic (exact) mass is 323 g/mol. The van der Waals surface area contributed by atoms with Gasteiger partial charge in [0.05, 0.1) is 6.04 Å². The van der Waals surface area contributed by atoms with Crippen molar-refractivity contribution < 1.29 is 0 Å². The Labute approximate surface area is 135 Å². The van der Waals surface area contributed by atoms with Crippen molar-refractivity contribution in [2.24, 2.45) is 0 Å². The van der Waals surface area contributed by atoms with E-state index in [1.54, 1.807) is 0 Å². The fraction of sp³-hybridized carbons (Fsp3) is 0.375. The number of nitrogens with zero attached hydrogens (tertiary/aromatic N) is 3.